The van der Waals surface area contributed by atoms with Crippen molar-refractivity contribution in [2.45, 2.75) is 5.92 Å². The lowest BCUT2D eigenvalue weighted by molar-refractivity contribution is -0.138. The summed E-state index contributed by atoms with van der Waals surface area (Å²) < 4.78 is 14.7. The van der Waals surface area contributed by atoms with Crippen LogP contribution < -0.4 is 5.73 Å². The zero-order valence-corrected chi connectivity index (χ0v) is 8.30. The summed E-state index contributed by atoms with van der Waals surface area (Å²) in [5.41, 5.74) is 5.87. The number of aliphatic carboxylic acids is 1. The van der Waals surface area contributed by atoms with E-state index in [4.69, 9.17) is 10.8 Å². The molecule has 2 aromatic heterocycles. The van der Waals surface area contributed by atoms with Gasteiger partial charge in [0, 0.05) is 12.7 Å². The molecule has 2 aromatic rings. The lowest BCUT2D eigenvalue weighted by atomic mass is 10.1. The van der Waals surface area contributed by atoms with Crippen molar-refractivity contribution in [2.24, 2.45) is 5.73 Å². The number of nitrogens with two attached hydrogens (primary N) is 1. The molecule has 0 saturated heterocycles. The zero-order chi connectivity index (χ0) is 11.7. The Morgan fingerprint density at radius 1 is 1.69 bits per heavy atom. The van der Waals surface area contributed by atoms with Crippen LogP contribution in [0.15, 0.2) is 24.5 Å². The second-order valence-electron chi connectivity index (χ2n) is 3.36. The van der Waals surface area contributed by atoms with Crippen LogP contribution in [0.1, 0.15) is 11.6 Å². The number of carbonyl (C=O) groups is 1. The van der Waals surface area contributed by atoms with Gasteiger partial charge >= 0.3 is 5.97 Å². The van der Waals surface area contributed by atoms with Gasteiger partial charge in [0.05, 0.1) is 11.9 Å². The zero-order valence-electron chi connectivity index (χ0n) is 8.30. The van der Waals surface area contributed by atoms with E-state index >= 15 is 0 Å². The van der Waals surface area contributed by atoms with Crippen LogP contribution in [0.5, 0.6) is 0 Å². The second-order valence-corrected chi connectivity index (χ2v) is 3.36. The highest BCUT2D eigenvalue weighted by Gasteiger charge is 2.22. The summed E-state index contributed by atoms with van der Waals surface area (Å²) in [6, 6.07) is 2.76. The minimum absolute atomic E-state index is 0.0559. The normalized spacial score (nSPS) is 12.9. The van der Waals surface area contributed by atoms with Gasteiger partial charge in [0.1, 0.15) is 5.92 Å². The molecule has 16 heavy (non-hydrogen) atoms. The largest absolute Gasteiger partial charge is 0.481 e. The molecule has 0 saturated carbocycles. The average Bonchev–Trinajstić information content (AvgIpc) is 2.64. The van der Waals surface area contributed by atoms with Crippen molar-refractivity contribution in [3.63, 3.8) is 0 Å². The van der Waals surface area contributed by atoms with E-state index in [0.29, 0.717) is 5.69 Å². The standard InChI is InChI=1S/C10H10FN3O2/c11-7-2-1-3-14-8(5-13-9(7)14)6(4-12)10(15)16/h1-3,5-6H,4,12H2,(H,15,16). The molecule has 0 fully saturated rings. The molecule has 2 rings (SSSR count). The minimum atomic E-state index is -1.05. The van der Waals surface area contributed by atoms with Crippen molar-refractivity contribution in [3.05, 3.63) is 36.0 Å². The van der Waals surface area contributed by atoms with Crippen LogP contribution in [0, 0.1) is 5.82 Å². The quantitative estimate of drug-likeness (QED) is 0.798. The van der Waals surface area contributed by atoms with Gasteiger partial charge in [-0.15, -0.1) is 0 Å². The molecule has 84 valence electrons. The SMILES string of the molecule is NCC(C(=O)O)c1cnc2c(F)cccn12. The molecule has 0 bridgehead atoms. The van der Waals surface area contributed by atoms with Crippen LogP contribution in [0.3, 0.4) is 0 Å². The molecule has 0 aliphatic rings. The van der Waals surface area contributed by atoms with Crippen LogP contribution in [0.2, 0.25) is 0 Å². The lowest BCUT2D eigenvalue weighted by Crippen LogP contribution is -2.22. The van der Waals surface area contributed by atoms with Crippen molar-refractivity contribution in [1.82, 2.24) is 9.38 Å². The van der Waals surface area contributed by atoms with E-state index in [1.165, 1.54) is 22.7 Å². The van der Waals surface area contributed by atoms with E-state index < -0.39 is 17.7 Å². The van der Waals surface area contributed by atoms with Gasteiger partial charge in [-0.05, 0) is 12.1 Å². The number of fused-ring (bicyclic) bond motifs is 1. The summed E-state index contributed by atoms with van der Waals surface area (Å²) in [6.45, 7) is -0.0559. The van der Waals surface area contributed by atoms with Crippen LogP contribution in [0.4, 0.5) is 4.39 Å². The van der Waals surface area contributed by atoms with Gasteiger partial charge in [0.15, 0.2) is 11.5 Å². The van der Waals surface area contributed by atoms with E-state index in [1.807, 2.05) is 0 Å². The fourth-order valence-electron chi connectivity index (χ4n) is 1.60. The number of imidazole rings is 1. The molecule has 0 aromatic carbocycles. The Hall–Kier alpha value is -1.95. The first kappa shape index (κ1) is 10.6. The van der Waals surface area contributed by atoms with Gasteiger partial charge < -0.3 is 15.2 Å². The number of hydrogen-bond donors (Lipinski definition) is 2. The van der Waals surface area contributed by atoms with Gasteiger partial charge in [0.2, 0.25) is 0 Å². The average molecular weight is 223 g/mol. The molecule has 0 amide bonds. The first-order valence-corrected chi connectivity index (χ1v) is 4.69. The third-order valence-electron chi connectivity index (χ3n) is 2.41. The van der Waals surface area contributed by atoms with Gasteiger partial charge in [0.25, 0.3) is 0 Å². The van der Waals surface area contributed by atoms with Gasteiger partial charge in [-0.1, -0.05) is 0 Å². The molecule has 1 atom stereocenters. The monoisotopic (exact) mass is 223 g/mol. The number of aromatic nitrogens is 2. The van der Waals surface area contributed by atoms with Crippen LogP contribution in [-0.2, 0) is 4.79 Å². The van der Waals surface area contributed by atoms with Gasteiger partial charge in [-0.2, -0.15) is 0 Å². The Bertz CT molecular complexity index is 538. The molecule has 1 unspecified atom stereocenters. The number of nitrogens with zero attached hydrogens (tertiary/aromatic N) is 2. The molecule has 6 heteroatoms. The number of hydrogen-bond acceptors (Lipinski definition) is 3. The van der Waals surface area contributed by atoms with E-state index in [-0.39, 0.29) is 12.2 Å². The number of halogens is 1. The van der Waals surface area contributed by atoms with Crippen LogP contribution in [-0.4, -0.2) is 27.0 Å². The fraction of sp³-hybridized carbons (Fsp3) is 0.200. The Kier molecular flexibility index (Phi) is 2.57. The molecule has 0 aliphatic carbocycles. The molecule has 2 heterocycles. The van der Waals surface area contributed by atoms with Gasteiger partial charge in [-0.25, -0.2) is 9.37 Å². The Morgan fingerprint density at radius 3 is 3.06 bits per heavy atom. The van der Waals surface area contributed by atoms with Crippen molar-refractivity contribution in [3.8, 4) is 0 Å². The first-order valence-electron chi connectivity index (χ1n) is 4.69. The van der Waals surface area contributed by atoms with Crippen LogP contribution in [0.25, 0.3) is 5.65 Å². The van der Waals surface area contributed by atoms with E-state index in [0.717, 1.165) is 0 Å². The molecule has 0 aliphatic heterocycles. The number of pyridine rings is 1. The van der Waals surface area contributed by atoms with E-state index in [9.17, 15) is 9.18 Å². The molecule has 5 nitrogen and oxygen atoms in total. The molecule has 0 spiro atoms. The topological polar surface area (TPSA) is 80.6 Å². The maximum Gasteiger partial charge on any atom is 0.313 e. The van der Waals surface area contributed by atoms with E-state index in [1.54, 1.807) is 6.20 Å². The summed E-state index contributed by atoms with van der Waals surface area (Å²) in [6.07, 6.45) is 2.90. The highest BCUT2D eigenvalue weighted by molar-refractivity contribution is 5.76. The van der Waals surface area contributed by atoms with Crippen molar-refractivity contribution >= 4 is 11.6 Å². The van der Waals surface area contributed by atoms with E-state index in [2.05, 4.69) is 4.98 Å². The van der Waals surface area contributed by atoms with Crippen molar-refractivity contribution < 1.29 is 14.3 Å². The van der Waals surface area contributed by atoms with Crippen LogP contribution >= 0.6 is 0 Å². The summed E-state index contributed by atoms with van der Waals surface area (Å²) >= 11 is 0. The smallest absolute Gasteiger partial charge is 0.313 e. The molecular weight excluding hydrogens is 213 g/mol. The maximum absolute atomic E-state index is 13.3. The number of carboxylic acids is 1. The Labute approximate surface area is 90.3 Å². The maximum atomic E-state index is 13.3. The third kappa shape index (κ3) is 1.53. The molecule has 3 N–H and O–H groups in total. The predicted octanol–water partition coefficient (Wildman–Crippen LogP) is 0.600. The number of carboxylic acid groups (broad SMARTS) is 1. The summed E-state index contributed by atoms with van der Waals surface area (Å²) in [5, 5.41) is 8.96. The molecular formula is C10H10FN3O2. The van der Waals surface area contributed by atoms with Gasteiger partial charge in [-0.3, -0.25) is 4.79 Å². The second kappa shape index (κ2) is 3.90. The summed E-state index contributed by atoms with van der Waals surface area (Å²) in [7, 11) is 0. The first-order chi connectivity index (χ1) is 7.65. The molecule has 0 radical (unpaired) electrons. The highest BCUT2D eigenvalue weighted by Crippen LogP contribution is 2.18. The summed E-state index contributed by atoms with van der Waals surface area (Å²) in [4.78, 5) is 14.8. The van der Waals surface area contributed by atoms with Crippen molar-refractivity contribution in [1.29, 1.82) is 0 Å². The Morgan fingerprint density at radius 2 is 2.44 bits per heavy atom. The fourth-order valence-corrected chi connectivity index (χ4v) is 1.60. The Balaban J connectivity index is 2.61. The van der Waals surface area contributed by atoms with Crippen molar-refractivity contribution in [2.75, 3.05) is 6.54 Å². The lowest BCUT2D eigenvalue weighted by Gasteiger charge is -2.08. The minimum Gasteiger partial charge on any atom is -0.481 e. The third-order valence-corrected chi connectivity index (χ3v) is 2.41. The predicted molar refractivity (Wildman–Crippen MR) is 54.6 cm³/mol. The number of rotatable bonds is 3. The summed E-state index contributed by atoms with van der Waals surface area (Å²) in [5.74, 6) is -2.42. The highest BCUT2D eigenvalue weighted by atomic mass is 19.1.